The molecule has 31 heavy (non-hydrogen) atoms. The second kappa shape index (κ2) is 8.20. The molecule has 2 heterocycles. The van der Waals surface area contributed by atoms with Crippen molar-refractivity contribution in [2.45, 2.75) is 4.90 Å². The number of benzene rings is 2. The third-order valence-electron chi connectivity index (χ3n) is 4.26. The molecule has 0 aliphatic heterocycles. The standard InChI is InChI=1S/C20H15N3O6S2/c1-28-14-4-7-17-12(10-14)11-16(19(25)29-17)18(24)22-13-2-5-15(6-3-13)31(26,27)23-20-21-8-9-30-20/h2-11H,1H3,(H,21,23)(H,22,24). The number of thiazole rings is 1. The molecule has 0 bridgehead atoms. The van der Waals surface area contributed by atoms with Gasteiger partial charge in [0.25, 0.3) is 15.9 Å². The van der Waals surface area contributed by atoms with Gasteiger partial charge in [0.1, 0.15) is 16.9 Å². The molecule has 0 radical (unpaired) electrons. The number of hydrogen-bond donors (Lipinski definition) is 2. The predicted octanol–water partition coefficient (Wildman–Crippen LogP) is 3.31. The molecule has 1 amide bonds. The lowest BCUT2D eigenvalue weighted by Crippen LogP contribution is -2.20. The fourth-order valence-corrected chi connectivity index (χ4v) is 4.54. The molecule has 0 atom stereocenters. The Kier molecular flexibility index (Phi) is 5.44. The SMILES string of the molecule is COc1ccc2oc(=O)c(C(=O)Nc3ccc(S(=O)(=O)Nc4nccs4)cc3)cc2c1. The number of methoxy groups -OCH3 is 1. The predicted molar refractivity (Wildman–Crippen MR) is 116 cm³/mol. The molecule has 11 heteroatoms. The Morgan fingerprint density at radius 3 is 2.58 bits per heavy atom. The normalized spacial score (nSPS) is 11.3. The monoisotopic (exact) mass is 457 g/mol. The van der Waals surface area contributed by atoms with Crippen LogP contribution in [-0.4, -0.2) is 26.4 Å². The minimum Gasteiger partial charge on any atom is -0.497 e. The Balaban J connectivity index is 1.55. The smallest absolute Gasteiger partial charge is 0.349 e. The molecule has 2 aromatic carbocycles. The van der Waals surface area contributed by atoms with Crippen molar-refractivity contribution in [2.75, 3.05) is 17.1 Å². The lowest BCUT2D eigenvalue weighted by atomic mass is 10.1. The van der Waals surface area contributed by atoms with Gasteiger partial charge in [-0.05, 0) is 48.5 Å². The number of aromatic nitrogens is 1. The highest BCUT2D eigenvalue weighted by Gasteiger charge is 2.17. The highest BCUT2D eigenvalue weighted by atomic mass is 32.2. The molecule has 158 valence electrons. The zero-order valence-electron chi connectivity index (χ0n) is 16.0. The maximum atomic E-state index is 12.6. The Labute approximate surface area is 180 Å². The van der Waals surface area contributed by atoms with E-state index in [2.05, 4.69) is 15.0 Å². The molecule has 9 nitrogen and oxygen atoms in total. The molecule has 0 spiro atoms. The number of nitrogens with zero attached hydrogens (tertiary/aromatic N) is 1. The summed E-state index contributed by atoms with van der Waals surface area (Å²) in [7, 11) is -2.31. The summed E-state index contributed by atoms with van der Waals surface area (Å²) in [5, 5.41) is 4.98. The first kappa shape index (κ1) is 20.6. The van der Waals surface area contributed by atoms with E-state index in [1.807, 2.05) is 0 Å². The lowest BCUT2D eigenvalue weighted by molar-refractivity contribution is 0.102. The Bertz CT molecular complexity index is 1410. The summed E-state index contributed by atoms with van der Waals surface area (Å²) in [5.74, 6) is -0.133. The van der Waals surface area contributed by atoms with Crippen LogP contribution in [0.2, 0.25) is 0 Å². The van der Waals surface area contributed by atoms with Crippen LogP contribution in [0.3, 0.4) is 0 Å². The van der Waals surface area contributed by atoms with E-state index < -0.39 is 21.6 Å². The third kappa shape index (κ3) is 4.42. The molecule has 0 saturated carbocycles. The third-order valence-corrected chi connectivity index (χ3v) is 6.43. The molecule has 0 saturated heterocycles. The van der Waals surface area contributed by atoms with Crippen LogP contribution in [0.5, 0.6) is 5.75 Å². The van der Waals surface area contributed by atoms with E-state index >= 15 is 0 Å². The summed E-state index contributed by atoms with van der Waals surface area (Å²) in [6, 6.07) is 11.8. The van der Waals surface area contributed by atoms with Crippen molar-refractivity contribution in [3.8, 4) is 5.75 Å². The van der Waals surface area contributed by atoms with Gasteiger partial charge in [-0.15, -0.1) is 11.3 Å². The van der Waals surface area contributed by atoms with Gasteiger partial charge in [0.15, 0.2) is 5.13 Å². The highest BCUT2D eigenvalue weighted by molar-refractivity contribution is 7.93. The highest BCUT2D eigenvalue weighted by Crippen LogP contribution is 2.22. The van der Waals surface area contributed by atoms with Crippen LogP contribution in [0.15, 0.2) is 74.2 Å². The van der Waals surface area contributed by atoms with Gasteiger partial charge in [-0.1, -0.05) is 0 Å². The molecule has 4 rings (SSSR count). The zero-order chi connectivity index (χ0) is 22.0. The minimum absolute atomic E-state index is 0.00184. The molecule has 0 aliphatic carbocycles. The van der Waals surface area contributed by atoms with Crippen LogP contribution in [0.25, 0.3) is 11.0 Å². The molecule has 0 fully saturated rings. The van der Waals surface area contributed by atoms with Gasteiger partial charge in [0.2, 0.25) is 0 Å². The van der Waals surface area contributed by atoms with E-state index in [9.17, 15) is 18.0 Å². The number of rotatable bonds is 6. The molecule has 2 aromatic heterocycles. The van der Waals surface area contributed by atoms with Crippen LogP contribution < -0.4 is 20.4 Å². The van der Waals surface area contributed by atoms with Crippen molar-refractivity contribution >= 4 is 49.1 Å². The molecule has 4 aromatic rings. The number of nitrogens with one attached hydrogen (secondary N) is 2. The Morgan fingerprint density at radius 2 is 1.90 bits per heavy atom. The molecular weight excluding hydrogens is 442 g/mol. The van der Waals surface area contributed by atoms with Crippen LogP contribution in [0.4, 0.5) is 10.8 Å². The zero-order valence-corrected chi connectivity index (χ0v) is 17.6. The summed E-state index contributed by atoms with van der Waals surface area (Å²) in [6.45, 7) is 0. The second-order valence-corrected chi connectivity index (χ2v) is 8.85. The van der Waals surface area contributed by atoms with Gasteiger partial charge in [-0.2, -0.15) is 0 Å². The fourth-order valence-electron chi connectivity index (χ4n) is 2.75. The average molecular weight is 457 g/mol. The summed E-state index contributed by atoms with van der Waals surface area (Å²) < 4.78 is 37.5. The summed E-state index contributed by atoms with van der Waals surface area (Å²) in [4.78, 5) is 28.7. The van der Waals surface area contributed by atoms with E-state index in [0.717, 1.165) is 11.3 Å². The summed E-state index contributed by atoms with van der Waals surface area (Å²) in [5.41, 5.74) is -0.349. The van der Waals surface area contributed by atoms with Gasteiger partial charge in [0, 0.05) is 22.7 Å². The van der Waals surface area contributed by atoms with Crippen LogP contribution in [-0.2, 0) is 10.0 Å². The Hall–Kier alpha value is -3.70. The quantitative estimate of drug-likeness (QED) is 0.425. The van der Waals surface area contributed by atoms with Crippen molar-refractivity contribution < 1.29 is 22.4 Å². The fraction of sp³-hybridized carbons (Fsp3) is 0.0500. The van der Waals surface area contributed by atoms with Gasteiger partial charge in [0.05, 0.1) is 12.0 Å². The van der Waals surface area contributed by atoms with E-state index in [-0.39, 0.29) is 15.6 Å². The first-order valence-electron chi connectivity index (χ1n) is 8.81. The average Bonchev–Trinajstić information content (AvgIpc) is 3.25. The molecular formula is C20H15N3O6S2. The maximum absolute atomic E-state index is 12.6. The van der Waals surface area contributed by atoms with Crippen LogP contribution in [0.1, 0.15) is 10.4 Å². The number of hydrogen-bond acceptors (Lipinski definition) is 8. The minimum atomic E-state index is -3.81. The number of anilines is 2. The number of fused-ring (bicyclic) bond motifs is 1. The Morgan fingerprint density at radius 1 is 1.13 bits per heavy atom. The molecule has 0 aliphatic rings. The van der Waals surface area contributed by atoms with E-state index in [0.29, 0.717) is 22.4 Å². The topological polar surface area (TPSA) is 128 Å². The largest absolute Gasteiger partial charge is 0.497 e. The number of ether oxygens (including phenoxy) is 1. The van der Waals surface area contributed by atoms with Crippen molar-refractivity contribution in [3.63, 3.8) is 0 Å². The van der Waals surface area contributed by atoms with Gasteiger partial charge in [-0.25, -0.2) is 18.2 Å². The van der Waals surface area contributed by atoms with Crippen molar-refractivity contribution in [1.82, 2.24) is 4.98 Å². The molecule has 2 N–H and O–H groups in total. The van der Waals surface area contributed by atoms with E-state index in [4.69, 9.17) is 9.15 Å². The first-order valence-corrected chi connectivity index (χ1v) is 11.2. The summed E-state index contributed by atoms with van der Waals surface area (Å²) in [6.07, 6.45) is 1.49. The number of amides is 1. The lowest BCUT2D eigenvalue weighted by Gasteiger charge is -2.08. The molecule has 0 unspecified atom stereocenters. The van der Waals surface area contributed by atoms with Gasteiger partial charge >= 0.3 is 5.63 Å². The maximum Gasteiger partial charge on any atom is 0.349 e. The number of carbonyl (C=O) groups excluding carboxylic acids is 1. The van der Waals surface area contributed by atoms with Crippen LogP contribution in [0, 0.1) is 0 Å². The van der Waals surface area contributed by atoms with Gasteiger partial charge < -0.3 is 14.5 Å². The van der Waals surface area contributed by atoms with Crippen LogP contribution >= 0.6 is 11.3 Å². The number of sulfonamides is 1. The first-order chi connectivity index (χ1) is 14.9. The van der Waals surface area contributed by atoms with Crippen molar-refractivity contribution in [2.24, 2.45) is 0 Å². The van der Waals surface area contributed by atoms with Crippen molar-refractivity contribution in [3.05, 3.63) is 76.1 Å². The van der Waals surface area contributed by atoms with E-state index in [1.165, 1.54) is 43.6 Å². The number of carbonyl (C=O) groups is 1. The summed E-state index contributed by atoms with van der Waals surface area (Å²) >= 11 is 1.15. The van der Waals surface area contributed by atoms with Gasteiger partial charge in [-0.3, -0.25) is 9.52 Å². The second-order valence-electron chi connectivity index (χ2n) is 6.27. The van der Waals surface area contributed by atoms with E-state index in [1.54, 1.807) is 23.6 Å². The van der Waals surface area contributed by atoms with Crippen molar-refractivity contribution in [1.29, 1.82) is 0 Å².